The number of hydrogen-bond acceptors (Lipinski definition) is 3. The maximum absolute atomic E-state index is 12.0. The van der Waals surface area contributed by atoms with E-state index in [9.17, 15) is 4.79 Å². The van der Waals surface area contributed by atoms with Crippen LogP contribution in [0.1, 0.15) is 30.5 Å². The number of amides is 1. The van der Waals surface area contributed by atoms with Gasteiger partial charge in [0.25, 0.3) is 5.91 Å². The van der Waals surface area contributed by atoms with Crippen molar-refractivity contribution in [1.82, 2.24) is 5.32 Å². The van der Waals surface area contributed by atoms with Gasteiger partial charge in [-0.3, -0.25) is 4.79 Å². The summed E-state index contributed by atoms with van der Waals surface area (Å²) in [6.07, 6.45) is 0.846. The smallest absolute Gasteiger partial charge is 0.258 e. The van der Waals surface area contributed by atoms with E-state index in [4.69, 9.17) is 9.47 Å². The van der Waals surface area contributed by atoms with Gasteiger partial charge in [-0.05, 0) is 32.4 Å². The van der Waals surface area contributed by atoms with Crippen LogP contribution in [0.2, 0.25) is 0 Å². The van der Waals surface area contributed by atoms with E-state index in [0.29, 0.717) is 12.3 Å². The molecular formula is C20H23NO3. The van der Waals surface area contributed by atoms with Crippen LogP contribution in [0.15, 0.2) is 42.5 Å². The van der Waals surface area contributed by atoms with E-state index in [1.54, 1.807) is 0 Å². The van der Waals surface area contributed by atoms with Gasteiger partial charge in [-0.25, -0.2) is 0 Å². The van der Waals surface area contributed by atoms with Crippen molar-refractivity contribution in [1.29, 1.82) is 0 Å². The number of hydrogen-bond donors (Lipinski definition) is 1. The van der Waals surface area contributed by atoms with Crippen molar-refractivity contribution in [3.05, 3.63) is 59.2 Å². The Kier molecular flexibility index (Phi) is 4.47. The molecule has 24 heavy (non-hydrogen) atoms. The predicted molar refractivity (Wildman–Crippen MR) is 93.4 cm³/mol. The number of para-hydroxylation sites is 1. The van der Waals surface area contributed by atoms with Crippen molar-refractivity contribution in [2.75, 3.05) is 6.61 Å². The molecule has 4 heteroatoms. The van der Waals surface area contributed by atoms with Gasteiger partial charge in [0, 0.05) is 18.5 Å². The van der Waals surface area contributed by atoms with Crippen LogP contribution in [0.4, 0.5) is 0 Å². The largest absolute Gasteiger partial charge is 0.483 e. The fraction of sp³-hybridized carbons (Fsp3) is 0.350. The Hall–Kier alpha value is -2.49. The van der Waals surface area contributed by atoms with Crippen molar-refractivity contribution in [3.63, 3.8) is 0 Å². The fourth-order valence-corrected chi connectivity index (χ4v) is 2.80. The number of carbonyl (C=O) groups excluding carboxylic acids is 1. The van der Waals surface area contributed by atoms with Crippen LogP contribution in [-0.4, -0.2) is 18.1 Å². The lowest BCUT2D eigenvalue weighted by atomic mass is 10.0. The molecule has 2 aromatic carbocycles. The van der Waals surface area contributed by atoms with E-state index >= 15 is 0 Å². The van der Waals surface area contributed by atoms with E-state index in [1.165, 1.54) is 5.56 Å². The molecule has 0 aromatic heterocycles. The number of rotatable bonds is 5. The first kappa shape index (κ1) is 16.4. The maximum Gasteiger partial charge on any atom is 0.258 e. The molecule has 4 nitrogen and oxygen atoms in total. The molecule has 1 aliphatic heterocycles. The lowest BCUT2D eigenvalue weighted by molar-refractivity contribution is -0.123. The predicted octanol–water partition coefficient (Wildman–Crippen LogP) is 3.40. The number of nitrogens with one attached hydrogen (secondary N) is 1. The SMILES string of the molecule is Cc1ccc(CNC(=O)COc2cccc3c2OC(C)(C)C3)cc1. The second kappa shape index (κ2) is 6.56. The van der Waals surface area contributed by atoms with Gasteiger partial charge in [0.15, 0.2) is 18.1 Å². The van der Waals surface area contributed by atoms with E-state index in [0.717, 1.165) is 23.3 Å². The zero-order chi connectivity index (χ0) is 17.2. The first-order valence-corrected chi connectivity index (χ1v) is 8.19. The van der Waals surface area contributed by atoms with Gasteiger partial charge in [0.1, 0.15) is 5.60 Å². The molecule has 0 fully saturated rings. The maximum atomic E-state index is 12.0. The second-order valence-corrected chi connectivity index (χ2v) is 6.83. The fourth-order valence-electron chi connectivity index (χ4n) is 2.80. The lowest BCUT2D eigenvalue weighted by Gasteiger charge is -2.18. The molecule has 126 valence electrons. The highest BCUT2D eigenvalue weighted by molar-refractivity contribution is 5.77. The molecular weight excluding hydrogens is 302 g/mol. The van der Waals surface area contributed by atoms with Crippen LogP contribution < -0.4 is 14.8 Å². The summed E-state index contributed by atoms with van der Waals surface area (Å²) < 4.78 is 11.6. The van der Waals surface area contributed by atoms with Crippen LogP contribution in [-0.2, 0) is 17.8 Å². The average Bonchev–Trinajstić information content (AvgIpc) is 2.86. The Labute approximate surface area is 142 Å². The third-order valence-corrected chi connectivity index (χ3v) is 4.02. The molecule has 2 aromatic rings. The number of ether oxygens (including phenoxy) is 2. The number of benzene rings is 2. The first-order valence-electron chi connectivity index (χ1n) is 8.19. The minimum atomic E-state index is -0.227. The van der Waals surface area contributed by atoms with Crippen LogP contribution in [0.3, 0.4) is 0 Å². The monoisotopic (exact) mass is 325 g/mol. The van der Waals surface area contributed by atoms with Crippen molar-refractivity contribution < 1.29 is 14.3 Å². The van der Waals surface area contributed by atoms with Gasteiger partial charge in [-0.2, -0.15) is 0 Å². The van der Waals surface area contributed by atoms with Gasteiger partial charge in [0.2, 0.25) is 0 Å². The zero-order valence-electron chi connectivity index (χ0n) is 14.4. The summed E-state index contributed by atoms with van der Waals surface area (Å²) >= 11 is 0. The van der Waals surface area contributed by atoms with Crippen molar-refractivity contribution in [3.8, 4) is 11.5 Å². The Bertz CT molecular complexity index is 735. The van der Waals surface area contributed by atoms with Crippen LogP contribution in [0.5, 0.6) is 11.5 Å². The summed E-state index contributed by atoms with van der Waals surface area (Å²) in [5.41, 5.74) is 3.17. The number of aryl methyl sites for hydroxylation is 1. The molecule has 0 aliphatic carbocycles. The van der Waals surface area contributed by atoms with Crippen LogP contribution in [0.25, 0.3) is 0 Å². The van der Waals surface area contributed by atoms with Crippen LogP contribution >= 0.6 is 0 Å². The zero-order valence-corrected chi connectivity index (χ0v) is 14.4. The molecule has 0 bridgehead atoms. The molecule has 0 radical (unpaired) electrons. The lowest BCUT2D eigenvalue weighted by Crippen LogP contribution is -2.28. The molecule has 1 amide bonds. The van der Waals surface area contributed by atoms with E-state index in [1.807, 2.05) is 63.2 Å². The highest BCUT2D eigenvalue weighted by atomic mass is 16.5. The molecule has 0 unspecified atom stereocenters. The second-order valence-electron chi connectivity index (χ2n) is 6.83. The minimum absolute atomic E-state index is 0.0217. The van der Waals surface area contributed by atoms with E-state index < -0.39 is 0 Å². The number of fused-ring (bicyclic) bond motifs is 1. The molecule has 1 heterocycles. The topological polar surface area (TPSA) is 47.6 Å². The van der Waals surface area contributed by atoms with Crippen molar-refractivity contribution >= 4 is 5.91 Å². The average molecular weight is 325 g/mol. The normalized spacial score (nSPS) is 14.6. The molecule has 1 aliphatic rings. The molecule has 0 atom stereocenters. The highest BCUT2D eigenvalue weighted by Gasteiger charge is 2.32. The summed E-state index contributed by atoms with van der Waals surface area (Å²) in [6.45, 7) is 6.61. The number of carbonyl (C=O) groups is 1. The third-order valence-electron chi connectivity index (χ3n) is 4.02. The van der Waals surface area contributed by atoms with Gasteiger partial charge in [-0.1, -0.05) is 42.0 Å². The minimum Gasteiger partial charge on any atom is -0.483 e. The first-order chi connectivity index (χ1) is 11.4. The summed E-state index contributed by atoms with van der Waals surface area (Å²) in [7, 11) is 0. The molecule has 3 rings (SSSR count). The van der Waals surface area contributed by atoms with Gasteiger partial charge < -0.3 is 14.8 Å². The van der Waals surface area contributed by atoms with E-state index in [-0.39, 0.29) is 18.1 Å². The molecule has 0 spiro atoms. The summed E-state index contributed by atoms with van der Waals surface area (Å²) in [6, 6.07) is 13.9. The van der Waals surface area contributed by atoms with Crippen molar-refractivity contribution in [2.24, 2.45) is 0 Å². The summed E-state index contributed by atoms with van der Waals surface area (Å²) in [5, 5.41) is 2.87. The Morgan fingerprint density at radius 1 is 1.21 bits per heavy atom. The molecule has 0 saturated carbocycles. The van der Waals surface area contributed by atoms with Crippen LogP contribution in [0, 0.1) is 6.92 Å². The standard InChI is InChI=1S/C20H23NO3/c1-14-7-9-15(10-8-14)12-21-18(22)13-23-17-6-4-5-16-11-20(2,3)24-19(16)17/h4-10H,11-13H2,1-3H3,(H,21,22). The van der Waals surface area contributed by atoms with Crippen molar-refractivity contribution in [2.45, 2.75) is 39.3 Å². The van der Waals surface area contributed by atoms with Gasteiger partial charge in [-0.15, -0.1) is 0 Å². The highest BCUT2D eigenvalue weighted by Crippen LogP contribution is 2.41. The molecule has 0 saturated heterocycles. The summed E-state index contributed by atoms with van der Waals surface area (Å²) in [4.78, 5) is 12.0. The molecule has 1 N–H and O–H groups in total. The van der Waals surface area contributed by atoms with Gasteiger partial charge >= 0.3 is 0 Å². The third kappa shape index (κ3) is 3.88. The Morgan fingerprint density at radius 2 is 1.96 bits per heavy atom. The van der Waals surface area contributed by atoms with E-state index in [2.05, 4.69) is 5.32 Å². The summed E-state index contributed by atoms with van der Waals surface area (Å²) in [5.74, 6) is 1.24. The quantitative estimate of drug-likeness (QED) is 0.916. The Balaban J connectivity index is 1.54. The Morgan fingerprint density at radius 3 is 2.71 bits per heavy atom. The van der Waals surface area contributed by atoms with Gasteiger partial charge in [0.05, 0.1) is 0 Å².